The fraction of sp³-hybridized carbons (Fsp3) is 0.480. The molecule has 1 atom stereocenters. The summed E-state index contributed by atoms with van der Waals surface area (Å²) < 4.78 is 16.7. The van der Waals surface area contributed by atoms with Gasteiger partial charge in [0.05, 0.1) is 13.7 Å². The van der Waals surface area contributed by atoms with E-state index >= 15 is 0 Å². The maximum absolute atomic E-state index is 5.66. The fourth-order valence-electron chi connectivity index (χ4n) is 4.01. The first-order valence-corrected chi connectivity index (χ1v) is 11.3. The molecule has 1 aliphatic heterocycles. The van der Waals surface area contributed by atoms with Crippen LogP contribution in [0.3, 0.4) is 0 Å². The minimum absolute atomic E-state index is 0. The number of anilines is 1. The third kappa shape index (κ3) is 7.75. The summed E-state index contributed by atoms with van der Waals surface area (Å²) in [4.78, 5) is 4.41. The van der Waals surface area contributed by atoms with Crippen molar-refractivity contribution in [3.8, 4) is 11.5 Å². The van der Waals surface area contributed by atoms with E-state index in [-0.39, 0.29) is 35.6 Å². The van der Waals surface area contributed by atoms with Gasteiger partial charge in [0.15, 0.2) is 17.5 Å². The van der Waals surface area contributed by atoms with Crippen LogP contribution in [-0.2, 0) is 4.74 Å². The summed E-state index contributed by atoms with van der Waals surface area (Å²) in [5.41, 5.74) is 2.08. The van der Waals surface area contributed by atoms with Crippen LogP contribution >= 0.6 is 24.0 Å². The first-order valence-electron chi connectivity index (χ1n) is 11.3. The number of guanidine groups is 1. The van der Waals surface area contributed by atoms with Crippen molar-refractivity contribution >= 4 is 35.6 Å². The molecule has 0 spiro atoms. The Morgan fingerprint density at radius 3 is 2.48 bits per heavy atom. The quantitative estimate of drug-likeness (QED) is 0.233. The third-order valence-electron chi connectivity index (χ3n) is 5.82. The van der Waals surface area contributed by atoms with Crippen LogP contribution in [0.5, 0.6) is 11.5 Å². The molecule has 1 aliphatic rings. The lowest BCUT2D eigenvalue weighted by atomic mass is 9.88. The molecular formula is C25H37IN4O3. The van der Waals surface area contributed by atoms with Gasteiger partial charge in [-0.05, 0) is 44.4 Å². The first kappa shape index (κ1) is 27.2. The van der Waals surface area contributed by atoms with Gasteiger partial charge in [0, 0.05) is 50.1 Å². The van der Waals surface area contributed by atoms with Crippen molar-refractivity contribution in [3.05, 3.63) is 54.1 Å². The summed E-state index contributed by atoms with van der Waals surface area (Å²) in [6, 6.07) is 16.6. The second-order valence-electron chi connectivity index (χ2n) is 8.02. The van der Waals surface area contributed by atoms with Gasteiger partial charge in [-0.15, -0.1) is 24.0 Å². The predicted octanol–water partition coefficient (Wildman–Crippen LogP) is 4.60. The highest BCUT2D eigenvalue weighted by Crippen LogP contribution is 2.30. The molecule has 1 heterocycles. The zero-order valence-electron chi connectivity index (χ0n) is 20.0. The van der Waals surface area contributed by atoms with Crippen LogP contribution in [0, 0.1) is 0 Å². The topological polar surface area (TPSA) is 76.1 Å². The smallest absolute Gasteiger partial charge is 0.195 e. The minimum Gasteiger partial charge on any atom is -0.493 e. The fourth-order valence-corrected chi connectivity index (χ4v) is 4.01. The highest BCUT2D eigenvalue weighted by molar-refractivity contribution is 14.0. The van der Waals surface area contributed by atoms with Crippen molar-refractivity contribution in [1.82, 2.24) is 10.6 Å². The number of hydrogen-bond acceptors (Lipinski definition) is 5. The van der Waals surface area contributed by atoms with Gasteiger partial charge < -0.3 is 30.2 Å². The van der Waals surface area contributed by atoms with E-state index in [0.717, 1.165) is 44.0 Å². The van der Waals surface area contributed by atoms with E-state index < -0.39 is 0 Å². The highest BCUT2D eigenvalue weighted by Gasteiger charge is 2.34. The summed E-state index contributed by atoms with van der Waals surface area (Å²) in [5.74, 6) is 2.12. The van der Waals surface area contributed by atoms with E-state index in [1.54, 1.807) is 14.2 Å². The van der Waals surface area contributed by atoms with Crippen molar-refractivity contribution in [1.29, 1.82) is 0 Å². The zero-order chi connectivity index (χ0) is 22.8. The van der Waals surface area contributed by atoms with Crippen molar-refractivity contribution in [2.45, 2.75) is 38.3 Å². The standard InChI is InChI=1S/C25H36N4O3.HI/c1-5-32-22-12-11-21(17-23(22)30-4)28-24(26-3)27-18-25(13-15-31-16-14-25)29-19(2)20-9-7-6-8-10-20;/h6-12,17,19,29H,5,13-16,18H2,1-4H3,(H2,26,27,28);1H. The number of aliphatic imine (C=N–C) groups is 1. The van der Waals surface area contributed by atoms with Gasteiger partial charge in [-0.25, -0.2) is 0 Å². The first-order chi connectivity index (χ1) is 15.6. The third-order valence-corrected chi connectivity index (χ3v) is 5.82. The number of benzene rings is 2. The highest BCUT2D eigenvalue weighted by atomic mass is 127. The number of nitrogens with zero attached hydrogens (tertiary/aromatic N) is 1. The number of hydrogen-bond donors (Lipinski definition) is 3. The lowest BCUT2D eigenvalue weighted by molar-refractivity contribution is 0.0355. The summed E-state index contributed by atoms with van der Waals surface area (Å²) in [5, 5.41) is 10.7. The maximum Gasteiger partial charge on any atom is 0.195 e. The summed E-state index contributed by atoms with van der Waals surface area (Å²) >= 11 is 0. The summed E-state index contributed by atoms with van der Waals surface area (Å²) in [6.45, 7) is 6.99. The van der Waals surface area contributed by atoms with Crippen molar-refractivity contribution in [3.63, 3.8) is 0 Å². The Bertz CT molecular complexity index is 873. The molecule has 8 heteroatoms. The summed E-state index contributed by atoms with van der Waals surface area (Å²) in [7, 11) is 3.42. The van der Waals surface area contributed by atoms with Crippen LogP contribution in [-0.4, -0.2) is 52.0 Å². The van der Waals surface area contributed by atoms with E-state index in [1.165, 1.54) is 5.56 Å². The Balaban J connectivity index is 0.00000385. The Morgan fingerprint density at radius 2 is 1.85 bits per heavy atom. The molecule has 3 N–H and O–H groups in total. The van der Waals surface area contributed by atoms with Crippen molar-refractivity contribution in [2.75, 3.05) is 45.8 Å². The molecule has 0 bridgehead atoms. The number of ether oxygens (including phenoxy) is 3. The molecule has 1 saturated heterocycles. The van der Waals surface area contributed by atoms with Crippen LogP contribution in [0.15, 0.2) is 53.5 Å². The van der Waals surface area contributed by atoms with Gasteiger partial charge in [0.25, 0.3) is 0 Å². The Labute approximate surface area is 214 Å². The minimum atomic E-state index is -0.0817. The number of nitrogens with one attached hydrogen (secondary N) is 3. The average molecular weight is 569 g/mol. The SMILES string of the molecule is CCOc1ccc(NC(=NC)NCC2(NC(C)c3ccccc3)CCOCC2)cc1OC.I. The molecule has 0 aromatic heterocycles. The lowest BCUT2D eigenvalue weighted by Crippen LogP contribution is -2.57. The summed E-state index contributed by atoms with van der Waals surface area (Å²) in [6.07, 6.45) is 1.87. The van der Waals surface area contributed by atoms with E-state index in [2.05, 4.69) is 52.1 Å². The molecule has 3 rings (SSSR count). The van der Waals surface area contributed by atoms with Crippen molar-refractivity contribution in [2.24, 2.45) is 4.99 Å². The normalized spacial score (nSPS) is 16.3. The maximum atomic E-state index is 5.66. The van der Waals surface area contributed by atoms with E-state index in [0.29, 0.717) is 18.3 Å². The van der Waals surface area contributed by atoms with Crippen LogP contribution in [0.1, 0.15) is 38.3 Å². The van der Waals surface area contributed by atoms with Crippen LogP contribution in [0.4, 0.5) is 5.69 Å². The molecular weight excluding hydrogens is 531 g/mol. The number of rotatable bonds is 9. The molecule has 1 fully saturated rings. The molecule has 33 heavy (non-hydrogen) atoms. The zero-order valence-corrected chi connectivity index (χ0v) is 22.3. The lowest BCUT2D eigenvalue weighted by Gasteiger charge is -2.41. The van der Waals surface area contributed by atoms with Gasteiger partial charge in [0.2, 0.25) is 0 Å². The molecule has 1 unspecified atom stereocenters. The van der Waals surface area contributed by atoms with Crippen LogP contribution in [0.2, 0.25) is 0 Å². The van der Waals surface area contributed by atoms with Gasteiger partial charge in [-0.1, -0.05) is 30.3 Å². The Hall–Kier alpha value is -2.04. The molecule has 0 amide bonds. The van der Waals surface area contributed by atoms with Gasteiger partial charge in [-0.3, -0.25) is 4.99 Å². The number of halogens is 1. The molecule has 2 aromatic carbocycles. The van der Waals surface area contributed by atoms with Crippen molar-refractivity contribution < 1.29 is 14.2 Å². The Morgan fingerprint density at radius 1 is 1.12 bits per heavy atom. The molecule has 0 aliphatic carbocycles. The largest absolute Gasteiger partial charge is 0.493 e. The van der Waals surface area contributed by atoms with Gasteiger partial charge in [0.1, 0.15) is 0 Å². The van der Waals surface area contributed by atoms with E-state index in [4.69, 9.17) is 14.2 Å². The average Bonchev–Trinajstić information content (AvgIpc) is 2.83. The van der Waals surface area contributed by atoms with Gasteiger partial charge in [-0.2, -0.15) is 0 Å². The van der Waals surface area contributed by atoms with Crippen LogP contribution in [0.25, 0.3) is 0 Å². The second-order valence-corrected chi connectivity index (χ2v) is 8.02. The Kier molecular flexibility index (Phi) is 11.2. The van der Waals surface area contributed by atoms with E-state index in [1.807, 2.05) is 31.2 Å². The molecule has 182 valence electrons. The van der Waals surface area contributed by atoms with Crippen LogP contribution < -0.4 is 25.4 Å². The monoisotopic (exact) mass is 568 g/mol. The molecule has 0 radical (unpaired) electrons. The van der Waals surface area contributed by atoms with Gasteiger partial charge >= 0.3 is 0 Å². The second kappa shape index (κ2) is 13.6. The van der Waals surface area contributed by atoms with E-state index in [9.17, 15) is 0 Å². The molecule has 0 saturated carbocycles. The molecule has 2 aromatic rings. The number of methoxy groups -OCH3 is 1. The predicted molar refractivity (Wildman–Crippen MR) is 145 cm³/mol. The molecule has 7 nitrogen and oxygen atoms in total.